The number of hydrogen-bond acceptors (Lipinski definition) is 7. The van der Waals surface area contributed by atoms with E-state index in [4.69, 9.17) is 4.74 Å². The van der Waals surface area contributed by atoms with Gasteiger partial charge in [0.2, 0.25) is 0 Å². The molecule has 0 radical (unpaired) electrons. The Bertz CT molecular complexity index is 1120. The Hall–Kier alpha value is -2.84. The van der Waals surface area contributed by atoms with Gasteiger partial charge in [0.15, 0.2) is 0 Å². The second-order valence-electron chi connectivity index (χ2n) is 8.18. The maximum absolute atomic E-state index is 13.1. The van der Waals surface area contributed by atoms with Gasteiger partial charge in [-0.3, -0.25) is 9.78 Å². The summed E-state index contributed by atoms with van der Waals surface area (Å²) in [6.45, 7) is 5.70. The number of H-pyrrole nitrogens is 1. The van der Waals surface area contributed by atoms with Crippen molar-refractivity contribution in [1.29, 1.82) is 0 Å². The molecule has 0 aromatic carbocycles. The standard InChI is InChI=1S/C23H26N4O3S/c1-14(2)20-18(23(29)30-16-6-10-27(3)11-7-16)12-17(21(28)26-20)19-13-31-22(25-19)15-4-8-24-9-5-15/h4-5,8-9,12-14,16H,6-7,10-11H2,1-3H3,(H,26,28). The number of carbonyl (C=O) groups excluding carboxylic acids is 1. The summed E-state index contributed by atoms with van der Waals surface area (Å²) in [6.07, 6.45) is 4.94. The number of thiazole rings is 1. The van der Waals surface area contributed by atoms with Crippen LogP contribution in [0.5, 0.6) is 0 Å². The van der Waals surface area contributed by atoms with Gasteiger partial charge in [-0.15, -0.1) is 11.3 Å². The highest BCUT2D eigenvalue weighted by Crippen LogP contribution is 2.29. The van der Waals surface area contributed by atoms with Crippen LogP contribution in [0.1, 0.15) is 48.7 Å². The number of nitrogens with one attached hydrogen (secondary N) is 1. The summed E-state index contributed by atoms with van der Waals surface area (Å²) in [6, 6.07) is 5.38. The first-order valence-corrected chi connectivity index (χ1v) is 11.3. The van der Waals surface area contributed by atoms with Crippen molar-refractivity contribution in [3.8, 4) is 21.8 Å². The highest BCUT2D eigenvalue weighted by Gasteiger charge is 2.25. The van der Waals surface area contributed by atoms with Crippen molar-refractivity contribution in [2.75, 3.05) is 20.1 Å². The lowest BCUT2D eigenvalue weighted by Crippen LogP contribution is -2.35. The van der Waals surface area contributed by atoms with Gasteiger partial charge in [0, 0.05) is 42.1 Å². The zero-order valence-electron chi connectivity index (χ0n) is 17.9. The van der Waals surface area contributed by atoms with E-state index in [1.807, 2.05) is 31.4 Å². The van der Waals surface area contributed by atoms with Crippen LogP contribution in [0, 0.1) is 0 Å². The van der Waals surface area contributed by atoms with Crippen molar-refractivity contribution in [3.63, 3.8) is 0 Å². The topological polar surface area (TPSA) is 88.2 Å². The fraction of sp³-hybridized carbons (Fsp3) is 0.391. The Kier molecular flexibility index (Phi) is 6.29. The second-order valence-corrected chi connectivity index (χ2v) is 9.03. The third-order valence-corrected chi connectivity index (χ3v) is 6.41. The predicted octanol–water partition coefficient (Wildman–Crippen LogP) is 3.93. The number of rotatable bonds is 5. The average molecular weight is 439 g/mol. The van der Waals surface area contributed by atoms with E-state index in [0.29, 0.717) is 22.5 Å². The van der Waals surface area contributed by atoms with E-state index in [0.717, 1.165) is 36.5 Å². The molecule has 0 saturated carbocycles. The molecule has 1 N–H and O–H groups in total. The Morgan fingerprint density at radius 3 is 2.65 bits per heavy atom. The summed E-state index contributed by atoms with van der Waals surface area (Å²) in [4.78, 5) is 39.7. The lowest BCUT2D eigenvalue weighted by Gasteiger charge is -2.28. The molecule has 4 heterocycles. The second kappa shape index (κ2) is 9.11. The monoisotopic (exact) mass is 438 g/mol. The van der Waals surface area contributed by atoms with E-state index in [1.165, 1.54) is 11.3 Å². The molecule has 1 aliphatic rings. The quantitative estimate of drug-likeness (QED) is 0.607. The summed E-state index contributed by atoms with van der Waals surface area (Å²) < 4.78 is 5.81. The zero-order valence-corrected chi connectivity index (χ0v) is 18.7. The fourth-order valence-corrected chi connectivity index (χ4v) is 4.53. The van der Waals surface area contributed by atoms with E-state index in [1.54, 1.807) is 18.5 Å². The molecular weight excluding hydrogens is 412 g/mol. The number of aromatic amines is 1. The van der Waals surface area contributed by atoms with Crippen molar-refractivity contribution in [2.24, 2.45) is 0 Å². The number of likely N-dealkylation sites (tertiary alicyclic amines) is 1. The van der Waals surface area contributed by atoms with E-state index < -0.39 is 0 Å². The lowest BCUT2D eigenvalue weighted by molar-refractivity contribution is 0.0137. The van der Waals surface area contributed by atoms with Crippen LogP contribution in [-0.2, 0) is 4.74 Å². The van der Waals surface area contributed by atoms with Crippen LogP contribution < -0.4 is 5.56 Å². The van der Waals surface area contributed by atoms with Crippen molar-refractivity contribution < 1.29 is 9.53 Å². The van der Waals surface area contributed by atoms with Gasteiger partial charge in [-0.25, -0.2) is 9.78 Å². The Morgan fingerprint density at radius 2 is 1.97 bits per heavy atom. The number of piperidine rings is 1. The van der Waals surface area contributed by atoms with Crippen molar-refractivity contribution in [3.05, 3.63) is 57.6 Å². The first kappa shape index (κ1) is 21.4. The van der Waals surface area contributed by atoms with Gasteiger partial charge in [-0.2, -0.15) is 0 Å². The number of hydrogen-bond donors (Lipinski definition) is 1. The summed E-state index contributed by atoms with van der Waals surface area (Å²) in [7, 11) is 2.07. The molecule has 162 valence electrons. The lowest BCUT2D eigenvalue weighted by atomic mass is 10.0. The largest absolute Gasteiger partial charge is 0.459 e. The summed E-state index contributed by atoms with van der Waals surface area (Å²) in [5.74, 6) is -0.412. The number of ether oxygens (including phenoxy) is 1. The highest BCUT2D eigenvalue weighted by atomic mass is 32.1. The maximum atomic E-state index is 13.1. The molecule has 7 nitrogen and oxygen atoms in total. The van der Waals surface area contributed by atoms with Gasteiger partial charge >= 0.3 is 5.97 Å². The maximum Gasteiger partial charge on any atom is 0.340 e. The average Bonchev–Trinajstić information content (AvgIpc) is 3.25. The summed E-state index contributed by atoms with van der Waals surface area (Å²) in [5, 5.41) is 2.63. The molecule has 0 spiro atoms. The van der Waals surface area contributed by atoms with Gasteiger partial charge in [-0.05, 0) is 44.0 Å². The minimum absolute atomic E-state index is 0.0235. The van der Waals surface area contributed by atoms with Crippen molar-refractivity contribution in [1.82, 2.24) is 19.9 Å². The highest BCUT2D eigenvalue weighted by molar-refractivity contribution is 7.13. The first-order chi connectivity index (χ1) is 14.9. The molecule has 1 saturated heterocycles. The van der Waals surface area contributed by atoms with Crippen molar-refractivity contribution in [2.45, 2.75) is 38.7 Å². The van der Waals surface area contributed by atoms with Crippen LogP contribution in [0.2, 0.25) is 0 Å². The molecule has 0 atom stereocenters. The summed E-state index contributed by atoms with van der Waals surface area (Å²) >= 11 is 1.45. The van der Waals surface area contributed by atoms with Gasteiger partial charge in [-0.1, -0.05) is 13.8 Å². The van der Waals surface area contributed by atoms with Crippen LogP contribution in [0.25, 0.3) is 21.8 Å². The van der Waals surface area contributed by atoms with E-state index in [2.05, 4.69) is 26.9 Å². The normalized spacial score (nSPS) is 15.4. The van der Waals surface area contributed by atoms with Crippen LogP contribution >= 0.6 is 11.3 Å². The molecule has 1 fully saturated rings. The van der Waals surface area contributed by atoms with Gasteiger partial charge in [0.1, 0.15) is 11.1 Å². The van der Waals surface area contributed by atoms with E-state index >= 15 is 0 Å². The van der Waals surface area contributed by atoms with Crippen molar-refractivity contribution >= 4 is 17.3 Å². The molecule has 3 aromatic heterocycles. The molecule has 31 heavy (non-hydrogen) atoms. The summed E-state index contributed by atoms with van der Waals surface area (Å²) in [5.41, 5.74) is 2.59. The SMILES string of the molecule is CC(C)c1[nH]c(=O)c(-c2csc(-c3ccncc3)n2)cc1C(=O)OC1CCN(C)CC1. The molecule has 3 aromatic rings. The third-order valence-electron chi connectivity index (χ3n) is 5.52. The number of esters is 1. The molecule has 0 aliphatic carbocycles. The van der Waals surface area contributed by atoms with Crippen LogP contribution in [0.4, 0.5) is 0 Å². The third kappa shape index (κ3) is 4.75. The van der Waals surface area contributed by atoms with Crippen LogP contribution in [0.3, 0.4) is 0 Å². The number of carbonyl (C=O) groups is 1. The van der Waals surface area contributed by atoms with Gasteiger partial charge in [0.25, 0.3) is 5.56 Å². The number of nitrogens with zero attached hydrogens (tertiary/aromatic N) is 3. The van der Waals surface area contributed by atoms with Crippen LogP contribution in [0.15, 0.2) is 40.8 Å². The number of pyridine rings is 2. The van der Waals surface area contributed by atoms with E-state index in [-0.39, 0.29) is 23.6 Å². The Balaban J connectivity index is 1.66. The molecule has 0 unspecified atom stereocenters. The van der Waals surface area contributed by atoms with E-state index in [9.17, 15) is 9.59 Å². The molecular formula is C23H26N4O3S. The molecule has 0 bridgehead atoms. The minimum atomic E-state index is -0.389. The minimum Gasteiger partial charge on any atom is -0.459 e. The molecule has 8 heteroatoms. The van der Waals surface area contributed by atoms with Gasteiger partial charge in [0.05, 0.1) is 16.8 Å². The number of aromatic nitrogens is 3. The molecule has 4 rings (SSSR count). The zero-order chi connectivity index (χ0) is 22.0. The Morgan fingerprint density at radius 1 is 1.26 bits per heavy atom. The smallest absolute Gasteiger partial charge is 0.340 e. The van der Waals surface area contributed by atoms with Crippen LogP contribution in [-0.4, -0.2) is 52.1 Å². The molecule has 0 amide bonds. The Labute approximate surface area is 185 Å². The van der Waals surface area contributed by atoms with Gasteiger partial charge < -0.3 is 14.6 Å². The fourth-order valence-electron chi connectivity index (χ4n) is 3.70. The first-order valence-electron chi connectivity index (χ1n) is 10.5. The predicted molar refractivity (Wildman–Crippen MR) is 121 cm³/mol. The molecule has 1 aliphatic heterocycles.